The minimum absolute atomic E-state index is 0.396. The number of benzene rings is 4. The molecule has 4 heteroatoms. The molecule has 33 heavy (non-hydrogen) atoms. The van der Waals surface area contributed by atoms with Crippen LogP contribution in [-0.2, 0) is 0 Å². The largest absolute Gasteiger partial charge is 0.227 e. The molecule has 0 aliphatic heterocycles. The van der Waals surface area contributed by atoms with Crippen molar-refractivity contribution in [3.63, 3.8) is 0 Å². The minimum atomic E-state index is 0.396. The Labute approximate surface area is 197 Å². The van der Waals surface area contributed by atoms with Crippen molar-refractivity contribution in [2.75, 3.05) is 0 Å². The number of nitrogens with zero attached hydrogens (tertiary/aromatic N) is 3. The molecule has 0 atom stereocenters. The Morgan fingerprint density at radius 3 is 1.94 bits per heavy atom. The molecule has 0 unspecified atom stereocenters. The summed E-state index contributed by atoms with van der Waals surface area (Å²) < 4.78 is 0. The van der Waals surface area contributed by atoms with Crippen LogP contribution < -0.4 is 0 Å². The maximum Gasteiger partial charge on any atom is 0.161 e. The van der Waals surface area contributed by atoms with Gasteiger partial charge in [0.15, 0.2) is 5.82 Å². The third-order valence-electron chi connectivity index (χ3n) is 5.45. The summed E-state index contributed by atoms with van der Waals surface area (Å²) in [5.41, 5.74) is 6.77. The lowest BCUT2D eigenvalue weighted by atomic mass is 9.98. The van der Waals surface area contributed by atoms with Crippen molar-refractivity contribution in [3.05, 3.63) is 120 Å². The van der Waals surface area contributed by atoms with Gasteiger partial charge in [-0.2, -0.15) is 5.26 Å². The van der Waals surface area contributed by atoms with E-state index in [0.717, 1.165) is 39.1 Å². The molecule has 0 fully saturated rings. The SMILES string of the molecule is N#Cc1ccccc1-c1cccc(-c2nc(Cl)c(-c3ccccc3)c(-c3ccccc3)n2)c1. The maximum absolute atomic E-state index is 9.51. The molecule has 5 rings (SSSR count). The predicted octanol–water partition coefficient (Wildman–Crippen LogP) is 7.67. The maximum atomic E-state index is 9.51. The number of nitriles is 1. The normalized spacial score (nSPS) is 10.5. The third-order valence-corrected chi connectivity index (χ3v) is 5.73. The molecule has 1 heterocycles. The zero-order valence-electron chi connectivity index (χ0n) is 17.6. The van der Waals surface area contributed by atoms with Crippen molar-refractivity contribution in [2.45, 2.75) is 0 Å². The molecule has 0 amide bonds. The topological polar surface area (TPSA) is 49.6 Å². The number of hydrogen-bond acceptors (Lipinski definition) is 3. The fourth-order valence-electron chi connectivity index (χ4n) is 3.89. The van der Waals surface area contributed by atoms with Crippen LogP contribution in [0.2, 0.25) is 5.15 Å². The Hall–Kier alpha value is -4.26. The summed E-state index contributed by atoms with van der Waals surface area (Å²) in [6, 6.07) is 37.6. The van der Waals surface area contributed by atoms with Crippen molar-refractivity contribution >= 4 is 11.6 Å². The first kappa shape index (κ1) is 20.6. The van der Waals surface area contributed by atoms with Gasteiger partial charge in [0, 0.05) is 16.7 Å². The molecule has 1 aromatic heterocycles. The fourth-order valence-corrected chi connectivity index (χ4v) is 4.16. The second-order valence-corrected chi connectivity index (χ2v) is 7.89. The number of hydrogen-bond donors (Lipinski definition) is 0. The average Bonchev–Trinajstić information content (AvgIpc) is 2.89. The number of aromatic nitrogens is 2. The molecule has 0 radical (unpaired) electrons. The highest BCUT2D eigenvalue weighted by atomic mass is 35.5. The standard InChI is InChI=1S/C29H18ClN3/c30-28-26(20-10-3-1-4-11-20)27(21-12-5-2-6-13-21)32-29(33-28)23-16-9-15-22(18-23)25-17-8-7-14-24(25)19-31/h1-18H. The Morgan fingerprint density at radius 2 is 1.21 bits per heavy atom. The summed E-state index contributed by atoms with van der Waals surface area (Å²) >= 11 is 6.78. The Kier molecular flexibility index (Phi) is 5.68. The first-order valence-corrected chi connectivity index (χ1v) is 10.9. The van der Waals surface area contributed by atoms with Gasteiger partial charge in [0.25, 0.3) is 0 Å². The molecule has 0 bridgehead atoms. The van der Waals surface area contributed by atoms with E-state index in [1.54, 1.807) is 0 Å². The van der Waals surface area contributed by atoms with Crippen LogP contribution in [0.4, 0.5) is 0 Å². The number of rotatable bonds is 4. The quantitative estimate of drug-likeness (QED) is 0.268. The van der Waals surface area contributed by atoms with Crippen LogP contribution in [0.5, 0.6) is 0 Å². The molecule has 0 saturated carbocycles. The van der Waals surface area contributed by atoms with Crippen molar-refractivity contribution in [2.24, 2.45) is 0 Å². The molecule has 0 N–H and O–H groups in total. The Balaban J connectivity index is 1.70. The molecule has 5 aromatic rings. The van der Waals surface area contributed by atoms with E-state index in [1.807, 2.05) is 109 Å². The van der Waals surface area contributed by atoms with Crippen molar-refractivity contribution in [1.82, 2.24) is 9.97 Å². The van der Waals surface area contributed by atoms with E-state index < -0.39 is 0 Å². The lowest BCUT2D eigenvalue weighted by Gasteiger charge is -2.14. The van der Waals surface area contributed by atoms with Gasteiger partial charge in [-0.25, -0.2) is 9.97 Å². The predicted molar refractivity (Wildman–Crippen MR) is 134 cm³/mol. The molecular formula is C29H18ClN3. The van der Waals surface area contributed by atoms with Gasteiger partial charge in [0.05, 0.1) is 17.3 Å². The van der Waals surface area contributed by atoms with Crippen molar-refractivity contribution in [3.8, 4) is 51.0 Å². The average molecular weight is 444 g/mol. The van der Waals surface area contributed by atoms with Gasteiger partial charge in [0.2, 0.25) is 0 Å². The first-order chi connectivity index (χ1) is 16.2. The second-order valence-electron chi connectivity index (χ2n) is 7.53. The monoisotopic (exact) mass is 443 g/mol. The van der Waals surface area contributed by atoms with E-state index in [9.17, 15) is 5.26 Å². The van der Waals surface area contributed by atoms with Crippen LogP contribution in [0.25, 0.3) is 44.9 Å². The van der Waals surface area contributed by atoms with Gasteiger partial charge in [0.1, 0.15) is 5.15 Å². The van der Waals surface area contributed by atoms with E-state index in [4.69, 9.17) is 16.6 Å². The third kappa shape index (κ3) is 4.13. The summed E-state index contributed by atoms with van der Waals surface area (Å²) in [5.74, 6) is 0.537. The van der Waals surface area contributed by atoms with Crippen LogP contribution in [-0.4, -0.2) is 9.97 Å². The smallest absolute Gasteiger partial charge is 0.161 e. The van der Waals surface area contributed by atoms with E-state index in [2.05, 4.69) is 11.1 Å². The van der Waals surface area contributed by atoms with E-state index in [1.165, 1.54) is 0 Å². The van der Waals surface area contributed by atoms with Gasteiger partial charge in [-0.1, -0.05) is 109 Å². The lowest BCUT2D eigenvalue weighted by molar-refractivity contribution is 1.18. The molecular weight excluding hydrogens is 426 g/mol. The van der Waals surface area contributed by atoms with E-state index >= 15 is 0 Å². The van der Waals surface area contributed by atoms with Crippen molar-refractivity contribution in [1.29, 1.82) is 5.26 Å². The molecule has 3 nitrogen and oxygen atoms in total. The Morgan fingerprint density at radius 1 is 0.606 bits per heavy atom. The van der Waals surface area contributed by atoms with Crippen LogP contribution >= 0.6 is 11.6 Å². The first-order valence-electron chi connectivity index (χ1n) is 10.5. The summed E-state index contributed by atoms with van der Waals surface area (Å²) in [6.45, 7) is 0. The summed E-state index contributed by atoms with van der Waals surface area (Å²) in [5, 5.41) is 9.91. The lowest BCUT2D eigenvalue weighted by Crippen LogP contribution is -1.98. The zero-order valence-corrected chi connectivity index (χ0v) is 18.4. The van der Waals surface area contributed by atoms with E-state index in [-0.39, 0.29) is 0 Å². The van der Waals surface area contributed by atoms with Crippen LogP contribution in [0, 0.1) is 11.3 Å². The highest BCUT2D eigenvalue weighted by Crippen LogP contribution is 2.37. The minimum Gasteiger partial charge on any atom is -0.227 e. The fraction of sp³-hybridized carbons (Fsp3) is 0. The Bertz CT molecular complexity index is 1470. The highest BCUT2D eigenvalue weighted by molar-refractivity contribution is 6.33. The van der Waals surface area contributed by atoms with Gasteiger partial charge in [-0.3, -0.25) is 0 Å². The van der Waals surface area contributed by atoms with Crippen LogP contribution in [0.15, 0.2) is 109 Å². The van der Waals surface area contributed by atoms with Crippen LogP contribution in [0.3, 0.4) is 0 Å². The molecule has 156 valence electrons. The molecule has 4 aromatic carbocycles. The molecule has 0 aliphatic carbocycles. The summed E-state index contributed by atoms with van der Waals surface area (Å²) in [4.78, 5) is 9.64. The van der Waals surface area contributed by atoms with Gasteiger partial charge in [-0.05, 0) is 28.8 Å². The van der Waals surface area contributed by atoms with Gasteiger partial charge >= 0.3 is 0 Å². The summed E-state index contributed by atoms with van der Waals surface area (Å²) in [6.07, 6.45) is 0. The van der Waals surface area contributed by atoms with Crippen molar-refractivity contribution < 1.29 is 0 Å². The zero-order chi connectivity index (χ0) is 22.6. The highest BCUT2D eigenvalue weighted by Gasteiger charge is 2.18. The molecule has 0 aliphatic rings. The summed E-state index contributed by atoms with van der Waals surface area (Å²) in [7, 11) is 0. The van der Waals surface area contributed by atoms with E-state index in [0.29, 0.717) is 16.5 Å². The molecule has 0 spiro atoms. The van der Waals surface area contributed by atoms with Gasteiger partial charge < -0.3 is 0 Å². The van der Waals surface area contributed by atoms with Gasteiger partial charge in [-0.15, -0.1) is 0 Å². The van der Waals surface area contributed by atoms with Crippen LogP contribution in [0.1, 0.15) is 5.56 Å². The second kappa shape index (κ2) is 9.08. The number of halogens is 1. The molecule has 0 saturated heterocycles.